The van der Waals surface area contributed by atoms with Crippen molar-refractivity contribution in [3.05, 3.63) is 24.3 Å². The van der Waals surface area contributed by atoms with E-state index in [-0.39, 0.29) is 26.1 Å². The Hall–Kier alpha value is -1.51. The maximum absolute atomic E-state index is 12.7. The van der Waals surface area contributed by atoms with Gasteiger partial charge in [-0.1, -0.05) is 192 Å². The summed E-state index contributed by atoms with van der Waals surface area (Å²) in [5.41, 5.74) is 0. The van der Waals surface area contributed by atoms with E-state index in [4.69, 9.17) is 18.5 Å². The molecule has 0 aliphatic carbocycles. The fourth-order valence-corrected chi connectivity index (χ4v) is 7.58. The third-order valence-electron chi connectivity index (χ3n) is 10.7. The minimum absolute atomic E-state index is 0.0343. The van der Waals surface area contributed by atoms with Gasteiger partial charge in [-0.15, -0.1) is 0 Å². The zero-order valence-electron chi connectivity index (χ0n) is 39.2. The molecule has 0 spiro atoms. The maximum Gasteiger partial charge on any atom is 0.306 e. The van der Waals surface area contributed by atoms with E-state index in [9.17, 15) is 19.0 Å². The van der Waals surface area contributed by atoms with E-state index in [1.807, 2.05) is 21.1 Å². The van der Waals surface area contributed by atoms with Crippen molar-refractivity contribution < 1.29 is 42.1 Å². The molecule has 0 saturated heterocycles. The summed E-state index contributed by atoms with van der Waals surface area (Å²) in [6.07, 6.45) is 46.5. The van der Waals surface area contributed by atoms with Crippen molar-refractivity contribution in [1.82, 2.24) is 0 Å². The van der Waals surface area contributed by atoms with E-state index in [0.29, 0.717) is 23.9 Å². The number of likely N-dealkylation sites (N-methyl/N-ethyl adjacent to an activating group) is 1. The number of hydrogen-bond acceptors (Lipinski definition) is 8. The van der Waals surface area contributed by atoms with Crippen molar-refractivity contribution in [3.8, 4) is 0 Å². The number of esters is 2. The summed E-state index contributed by atoms with van der Waals surface area (Å²) >= 11 is 0. The Bertz CT molecular complexity index is 1060. The van der Waals surface area contributed by atoms with Gasteiger partial charge in [0.1, 0.15) is 19.8 Å². The molecule has 10 heteroatoms. The Morgan fingerprint density at radius 3 is 1.36 bits per heavy atom. The van der Waals surface area contributed by atoms with E-state index in [0.717, 1.165) is 44.9 Å². The van der Waals surface area contributed by atoms with Gasteiger partial charge in [0.25, 0.3) is 7.82 Å². The minimum Gasteiger partial charge on any atom is -0.756 e. The number of quaternary nitrogens is 1. The molecule has 0 aromatic carbocycles. The van der Waals surface area contributed by atoms with Crippen LogP contribution < -0.4 is 4.89 Å². The molecule has 0 aromatic rings. The van der Waals surface area contributed by atoms with Gasteiger partial charge in [-0.3, -0.25) is 14.2 Å². The van der Waals surface area contributed by atoms with Crippen molar-refractivity contribution in [1.29, 1.82) is 0 Å². The lowest BCUT2D eigenvalue weighted by Gasteiger charge is -2.28. The van der Waals surface area contributed by atoms with E-state index in [1.165, 1.54) is 141 Å². The van der Waals surface area contributed by atoms with Crippen LogP contribution in [0.15, 0.2) is 24.3 Å². The zero-order valence-corrected chi connectivity index (χ0v) is 40.1. The second kappa shape index (κ2) is 41.8. The summed E-state index contributed by atoms with van der Waals surface area (Å²) in [7, 11) is 1.15. The minimum atomic E-state index is -4.63. The standard InChI is InChI=1S/C49H94NO8P/c1-6-8-10-12-14-16-18-20-21-22-23-24-25-26-27-28-29-30-32-33-35-37-39-41-48(51)55-45-47(46-57-59(53,54)56-44-43-50(3,4)5)58-49(52)42-40-38-36-34-31-19-17-15-13-11-9-7-2/h28-29,33,35,47H,6-27,30-32,34,36-46H2,1-5H3/b29-28+,35-33+/t47-/m0/s1. The molecule has 0 aromatic heterocycles. The number of phosphoric acid groups is 1. The largest absolute Gasteiger partial charge is 0.756 e. The first-order valence-corrected chi connectivity index (χ1v) is 26.0. The van der Waals surface area contributed by atoms with Crippen LogP contribution in [0.4, 0.5) is 0 Å². The molecule has 0 rings (SSSR count). The van der Waals surface area contributed by atoms with E-state index in [2.05, 4.69) is 38.2 Å². The number of unbranched alkanes of at least 4 members (excludes halogenated alkanes) is 27. The fourth-order valence-electron chi connectivity index (χ4n) is 6.85. The summed E-state index contributed by atoms with van der Waals surface area (Å²) in [6.45, 7) is 4.21. The van der Waals surface area contributed by atoms with Crippen LogP contribution in [0.25, 0.3) is 0 Å². The highest BCUT2D eigenvalue weighted by Gasteiger charge is 2.21. The first kappa shape index (κ1) is 57.5. The predicted molar refractivity (Wildman–Crippen MR) is 245 cm³/mol. The predicted octanol–water partition coefficient (Wildman–Crippen LogP) is 13.7. The molecule has 1 unspecified atom stereocenters. The van der Waals surface area contributed by atoms with Crippen LogP contribution in [0.1, 0.15) is 226 Å². The molecule has 0 aliphatic heterocycles. The number of allylic oxidation sites excluding steroid dienone is 4. The molecule has 2 atom stereocenters. The van der Waals surface area contributed by atoms with E-state index >= 15 is 0 Å². The van der Waals surface area contributed by atoms with Crippen LogP contribution in [0, 0.1) is 0 Å². The first-order valence-electron chi connectivity index (χ1n) is 24.5. The summed E-state index contributed by atoms with van der Waals surface area (Å²) in [6, 6.07) is 0. The molecule has 0 N–H and O–H groups in total. The summed E-state index contributed by atoms with van der Waals surface area (Å²) < 4.78 is 33.9. The second-order valence-corrected chi connectivity index (χ2v) is 19.2. The molecule has 0 bridgehead atoms. The van der Waals surface area contributed by atoms with Crippen LogP contribution in [0.2, 0.25) is 0 Å². The van der Waals surface area contributed by atoms with Gasteiger partial charge in [-0.25, -0.2) is 0 Å². The topological polar surface area (TPSA) is 111 Å². The SMILES string of the molecule is CCCCCCCCCCCCCCCC/C=C/CC/C=C/CCCC(=O)OC[C@@H](COP(=O)([O-])OCC[N+](C)(C)C)OC(=O)CCCCCCCCCCCCCC. The van der Waals surface area contributed by atoms with Crippen molar-refractivity contribution in [2.45, 2.75) is 232 Å². The number of hydrogen-bond donors (Lipinski definition) is 0. The Morgan fingerprint density at radius 1 is 0.508 bits per heavy atom. The molecule has 0 radical (unpaired) electrons. The van der Waals surface area contributed by atoms with Gasteiger partial charge >= 0.3 is 11.9 Å². The second-order valence-electron chi connectivity index (χ2n) is 17.8. The number of ether oxygens (including phenoxy) is 2. The van der Waals surface area contributed by atoms with Crippen molar-refractivity contribution >= 4 is 19.8 Å². The lowest BCUT2D eigenvalue weighted by atomic mass is 10.0. The summed E-state index contributed by atoms with van der Waals surface area (Å²) in [5, 5.41) is 0. The van der Waals surface area contributed by atoms with Crippen molar-refractivity contribution in [2.24, 2.45) is 0 Å². The van der Waals surface area contributed by atoms with Gasteiger partial charge in [-0.05, 0) is 44.9 Å². The van der Waals surface area contributed by atoms with Gasteiger partial charge in [-0.2, -0.15) is 0 Å². The number of nitrogens with zero attached hydrogens (tertiary/aromatic N) is 1. The summed E-state index contributed by atoms with van der Waals surface area (Å²) in [5.74, 6) is -0.875. The smallest absolute Gasteiger partial charge is 0.306 e. The normalized spacial score (nSPS) is 13.7. The van der Waals surface area contributed by atoms with Crippen LogP contribution in [-0.4, -0.2) is 70.0 Å². The van der Waals surface area contributed by atoms with Gasteiger partial charge in [0.2, 0.25) is 0 Å². The van der Waals surface area contributed by atoms with Gasteiger partial charge in [0.05, 0.1) is 27.7 Å². The lowest BCUT2D eigenvalue weighted by molar-refractivity contribution is -0.870. The van der Waals surface area contributed by atoms with Crippen LogP contribution >= 0.6 is 7.82 Å². The molecular formula is C49H94NO8P. The number of carbonyl (C=O) groups excluding carboxylic acids is 2. The summed E-state index contributed by atoms with van der Waals surface area (Å²) in [4.78, 5) is 37.5. The van der Waals surface area contributed by atoms with Gasteiger partial charge in [0.15, 0.2) is 6.10 Å². The third-order valence-corrected chi connectivity index (χ3v) is 11.7. The highest BCUT2D eigenvalue weighted by molar-refractivity contribution is 7.45. The number of rotatable bonds is 45. The van der Waals surface area contributed by atoms with Crippen LogP contribution in [-0.2, 0) is 32.7 Å². The average molecular weight is 856 g/mol. The molecule has 0 amide bonds. The highest BCUT2D eigenvalue weighted by atomic mass is 31.2. The molecule has 0 saturated carbocycles. The first-order chi connectivity index (χ1) is 28.5. The molecular weight excluding hydrogens is 762 g/mol. The molecule has 0 fully saturated rings. The fraction of sp³-hybridized carbons (Fsp3) is 0.878. The Labute approximate surface area is 364 Å². The van der Waals surface area contributed by atoms with Crippen molar-refractivity contribution in [3.63, 3.8) is 0 Å². The van der Waals surface area contributed by atoms with Crippen molar-refractivity contribution in [2.75, 3.05) is 47.5 Å². The Morgan fingerprint density at radius 2 is 0.898 bits per heavy atom. The van der Waals surface area contributed by atoms with Gasteiger partial charge < -0.3 is 27.9 Å². The Kier molecular flexibility index (Phi) is 40.8. The maximum atomic E-state index is 12.7. The zero-order chi connectivity index (χ0) is 43.6. The van der Waals surface area contributed by atoms with E-state index in [1.54, 1.807) is 0 Å². The number of carbonyl (C=O) groups is 2. The average Bonchev–Trinajstić information content (AvgIpc) is 3.19. The lowest BCUT2D eigenvalue weighted by Crippen LogP contribution is -2.37. The van der Waals surface area contributed by atoms with Crippen LogP contribution in [0.3, 0.4) is 0 Å². The van der Waals surface area contributed by atoms with E-state index < -0.39 is 32.5 Å². The molecule has 348 valence electrons. The molecule has 9 nitrogen and oxygen atoms in total. The highest BCUT2D eigenvalue weighted by Crippen LogP contribution is 2.38. The quantitative estimate of drug-likeness (QED) is 0.0196. The monoisotopic (exact) mass is 856 g/mol. The number of phosphoric ester groups is 1. The van der Waals surface area contributed by atoms with Crippen LogP contribution in [0.5, 0.6) is 0 Å². The Balaban J connectivity index is 4.24. The van der Waals surface area contributed by atoms with Gasteiger partial charge in [0, 0.05) is 12.8 Å². The molecule has 0 aliphatic rings. The molecule has 0 heterocycles. The third kappa shape index (κ3) is 45.8. The molecule has 59 heavy (non-hydrogen) atoms.